The van der Waals surface area contributed by atoms with Crippen molar-refractivity contribution >= 4 is 26.9 Å². The first-order valence-corrected chi connectivity index (χ1v) is 4.76. The first-order valence-electron chi connectivity index (χ1n) is 3.88. The highest BCUT2D eigenvalue weighted by Gasteiger charge is 2.00. The Kier molecular flexibility index (Phi) is 1.10. The Balaban J connectivity index is 2.68. The third-order valence-corrected chi connectivity index (χ3v) is 3.02. The molecule has 3 aromatic rings. The van der Waals surface area contributed by atoms with E-state index in [1.54, 1.807) is 11.3 Å². The van der Waals surface area contributed by atoms with E-state index in [1.807, 2.05) is 0 Å². The average Bonchev–Trinajstić information content (AvgIpc) is 2.62. The molecule has 0 amide bonds. The van der Waals surface area contributed by atoms with E-state index in [0.29, 0.717) is 0 Å². The summed E-state index contributed by atoms with van der Waals surface area (Å²) in [4.78, 5) is 1.34. The van der Waals surface area contributed by atoms with Crippen LogP contribution in [-0.4, -0.2) is 4.40 Å². The highest BCUT2D eigenvalue weighted by molar-refractivity contribution is 7.16. The molecule has 0 N–H and O–H groups in total. The van der Waals surface area contributed by atoms with Gasteiger partial charge in [-0.2, -0.15) is 0 Å². The molecule has 2 heterocycles. The van der Waals surface area contributed by atoms with Crippen molar-refractivity contribution < 1.29 is 0 Å². The zero-order chi connectivity index (χ0) is 7.97. The van der Waals surface area contributed by atoms with Gasteiger partial charge in [0.15, 0.2) is 0 Å². The van der Waals surface area contributed by atoms with Gasteiger partial charge in [0, 0.05) is 28.5 Å². The van der Waals surface area contributed by atoms with Crippen LogP contribution in [0.4, 0.5) is 0 Å². The maximum atomic E-state index is 2.18. The van der Waals surface area contributed by atoms with Crippen molar-refractivity contribution in [3.05, 3.63) is 42.0 Å². The molecule has 0 radical (unpaired) electrons. The molecule has 3 rings (SSSR count). The Labute approximate surface area is 73.9 Å². The second-order valence-corrected chi connectivity index (χ2v) is 3.73. The zero-order valence-corrected chi connectivity index (χ0v) is 7.21. The van der Waals surface area contributed by atoms with Crippen LogP contribution in [0.15, 0.2) is 42.0 Å². The van der Waals surface area contributed by atoms with Gasteiger partial charge in [-0.05, 0) is 0 Å². The second kappa shape index (κ2) is 2.11. The lowest BCUT2D eigenvalue weighted by Gasteiger charge is -1.84. The summed E-state index contributed by atoms with van der Waals surface area (Å²) in [7, 11) is 0. The molecule has 0 atom stereocenters. The summed E-state index contributed by atoms with van der Waals surface area (Å²) in [6.07, 6.45) is 4.27. The number of rotatable bonds is 0. The van der Waals surface area contributed by atoms with Crippen LogP contribution in [0.3, 0.4) is 0 Å². The molecular weight excluding hydrogens is 166 g/mol. The van der Waals surface area contributed by atoms with Crippen LogP contribution in [0, 0.1) is 0 Å². The predicted octanol–water partition coefficient (Wildman–Crippen LogP) is 3.15. The van der Waals surface area contributed by atoms with Gasteiger partial charge in [0.05, 0.1) is 0 Å². The molecule has 0 saturated heterocycles. The van der Waals surface area contributed by atoms with E-state index in [4.69, 9.17) is 0 Å². The van der Waals surface area contributed by atoms with Crippen LogP contribution in [0.1, 0.15) is 0 Å². The fourth-order valence-electron chi connectivity index (χ4n) is 1.55. The van der Waals surface area contributed by atoms with Gasteiger partial charge >= 0.3 is 0 Å². The number of thiazole rings is 1. The van der Waals surface area contributed by atoms with Gasteiger partial charge in [0.2, 0.25) is 0 Å². The largest absolute Gasteiger partial charge is 0.314 e. The zero-order valence-electron chi connectivity index (χ0n) is 6.40. The Bertz CT molecular complexity index is 532. The molecule has 0 bridgehead atoms. The molecule has 1 nitrogen and oxygen atoms in total. The summed E-state index contributed by atoms with van der Waals surface area (Å²) in [5, 5.41) is 4.79. The van der Waals surface area contributed by atoms with Crippen molar-refractivity contribution in [1.82, 2.24) is 4.40 Å². The summed E-state index contributed by atoms with van der Waals surface area (Å²) in [5.74, 6) is 0. The average molecular weight is 173 g/mol. The van der Waals surface area contributed by atoms with Crippen LogP contribution < -0.4 is 0 Å². The van der Waals surface area contributed by atoms with Crippen molar-refractivity contribution in [3.63, 3.8) is 0 Å². The normalized spacial score (nSPS) is 11.3. The molecular formula is C10H7NS. The fraction of sp³-hybridized carbons (Fsp3) is 0. The summed E-state index contributed by atoms with van der Waals surface area (Å²) in [5.41, 5.74) is 0. The predicted molar refractivity (Wildman–Crippen MR) is 52.8 cm³/mol. The van der Waals surface area contributed by atoms with Crippen molar-refractivity contribution in [1.29, 1.82) is 0 Å². The van der Waals surface area contributed by atoms with E-state index in [9.17, 15) is 0 Å². The van der Waals surface area contributed by atoms with E-state index < -0.39 is 0 Å². The molecule has 0 aliphatic rings. The molecule has 0 saturated carbocycles. The smallest absolute Gasteiger partial charge is 0.107 e. The van der Waals surface area contributed by atoms with Crippen molar-refractivity contribution in [2.75, 3.05) is 0 Å². The Morgan fingerprint density at radius 2 is 2.08 bits per heavy atom. The molecule has 1 aromatic carbocycles. The first-order chi connectivity index (χ1) is 5.95. The van der Waals surface area contributed by atoms with Gasteiger partial charge in [-0.3, -0.25) is 0 Å². The van der Waals surface area contributed by atoms with Crippen molar-refractivity contribution in [2.24, 2.45) is 0 Å². The van der Waals surface area contributed by atoms with Gasteiger partial charge in [-0.25, -0.2) is 0 Å². The molecule has 58 valence electrons. The third kappa shape index (κ3) is 0.676. The molecule has 0 aliphatic carbocycles. The van der Waals surface area contributed by atoms with Crippen LogP contribution in [0.2, 0.25) is 0 Å². The SMILES string of the molecule is c1ccc2c(c1)cn1ccsc21. The number of hydrogen-bond donors (Lipinski definition) is 0. The second-order valence-electron chi connectivity index (χ2n) is 2.83. The topological polar surface area (TPSA) is 4.41 Å². The first kappa shape index (κ1) is 6.26. The minimum atomic E-state index is 1.32. The number of nitrogens with zero attached hydrogens (tertiary/aromatic N) is 1. The Morgan fingerprint density at radius 3 is 3.08 bits per heavy atom. The minimum absolute atomic E-state index is 1.32. The maximum Gasteiger partial charge on any atom is 0.107 e. The summed E-state index contributed by atoms with van der Waals surface area (Å²) < 4.78 is 2.18. The molecule has 0 spiro atoms. The van der Waals surface area contributed by atoms with Gasteiger partial charge in [-0.15, -0.1) is 11.3 Å². The highest BCUT2D eigenvalue weighted by atomic mass is 32.1. The number of fused-ring (bicyclic) bond motifs is 3. The molecule has 0 unspecified atom stereocenters. The maximum absolute atomic E-state index is 2.18. The van der Waals surface area contributed by atoms with Crippen LogP contribution in [-0.2, 0) is 0 Å². The van der Waals surface area contributed by atoms with Crippen LogP contribution in [0.5, 0.6) is 0 Å². The lowest BCUT2D eigenvalue weighted by molar-refractivity contribution is 1.25. The monoisotopic (exact) mass is 173 g/mol. The van der Waals surface area contributed by atoms with Crippen molar-refractivity contribution in [2.45, 2.75) is 0 Å². The van der Waals surface area contributed by atoms with Crippen molar-refractivity contribution in [3.8, 4) is 0 Å². The van der Waals surface area contributed by atoms with E-state index in [0.717, 1.165) is 0 Å². The highest BCUT2D eigenvalue weighted by Crippen LogP contribution is 2.25. The van der Waals surface area contributed by atoms with Crippen LogP contribution in [0.25, 0.3) is 15.6 Å². The molecule has 2 aromatic heterocycles. The Morgan fingerprint density at radius 1 is 1.17 bits per heavy atom. The molecule has 2 heteroatoms. The van der Waals surface area contributed by atoms with E-state index in [1.165, 1.54) is 15.6 Å². The number of aromatic nitrogens is 1. The van der Waals surface area contributed by atoms with Gasteiger partial charge in [0.1, 0.15) is 4.83 Å². The molecule has 12 heavy (non-hydrogen) atoms. The minimum Gasteiger partial charge on any atom is -0.314 e. The third-order valence-electron chi connectivity index (χ3n) is 2.11. The molecule has 0 aliphatic heterocycles. The quantitative estimate of drug-likeness (QED) is 0.492. The standard InChI is InChI=1S/C10H7NS/c1-2-4-9-8(3-1)7-11-5-6-12-10(9)11/h1-7H. The summed E-state index contributed by atoms with van der Waals surface area (Å²) in [6, 6.07) is 8.48. The lowest BCUT2D eigenvalue weighted by Crippen LogP contribution is -1.65. The number of benzene rings is 1. The summed E-state index contributed by atoms with van der Waals surface area (Å²) >= 11 is 1.79. The van der Waals surface area contributed by atoms with E-state index in [2.05, 4.69) is 46.4 Å². The van der Waals surface area contributed by atoms with Gasteiger partial charge in [-0.1, -0.05) is 24.3 Å². The van der Waals surface area contributed by atoms with E-state index >= 15 is 0 Å². The summed E-state index contributed by atoms with van der Waals surface area (Å²) in [6.45, 7) is 0. The van der Waals surface area contributed by atoms with Gasteiger partial charge < -0.3 is 4.40 Å². The lowest BCUT2D eigenvalue weighted by atomic mass is 10.2. The number of hydrogen-bond acceptors (Lipinski definition) is 1. The van der Waals surface area contributed by atoms with Gasteiger partial charge in [0.25, 0.3) is 0 Å². The Hall–Kier alpha value is -1.28. The van der Waals surface area contributed by atoms with E-state index in [-0.39, 0.29) is 0 Å². The molecule has 0 fully saturated rings. The fourth-order valence-corrected chi connectivity index (χ4v) is 2.42. The van der Waals surface area contributed by atoms with Crippen LogP contribution >= 0.6 is 11.3 Å².